The maximum absolute atomic E-state index is 11.9. The minimum Gasteiger partial charge on any atom is -0.368 e. The first-order valence-electron chi connectivity index (χ1n) is 10.1. The van der Waals surface area contributed by atoms with E-state index in [1.54, 1.807) is 0 Å². The molecule has 0 spiro atoms. The summed E-state index contributed by atoms with van der Waals surface area (Å²) in [6, 6.07) is 20.2. The first-order valence-corrected chi connectivity index (χ1v) is 10.1. The van der Waals surface area contributed by atoms with E-state index in [9.17, 15) is 4.79 Å². The van der Waals surface area contributed by atoms with E-state index in [1.807, 2.05) is 65.2 Å². The average molecular weight is 391 g/mol. The van der Waals surface area contributed by atoms with Gasteiger partial charge in [-0.05, 0) is 33.7 Å². The highest BCUT2D eigenvalue weighted by molar-refractivity contribution is 5.81. The lowest BCUT2D eigenvalue weighted by atomic mass is 10.0. The second-order valence-corrected chi connectivity index (χ2v) is 8.29. The predicted molar refractivity (Wildman–Crippen MR) is 118 cm³/mol. The van der Waals surface area contributed by atoms with E-state index in [-0.39, 0.29) is 18.0 Å². The fourth-order valence-electron chi connectivity index (χ4n) is 3.41. The third kappa shape index (κ3) is 5.55. The Balaban J connectivity index is 2.03. The van der Waals surface area contributed by atoms with Gasteiger partial charge < -0.3 is 15.6 Å². The Morgan fingerprint density at radius 2 is 1.59 bits per heavy atom. The topological polar surface area (TPSA) is 72.9 Å². The van der Waals surface area contributed by atoms with Crippen LogP contribution in [0.1, 0.15) is 33.0 Å². The Morgan fingerprint density at radius 1 is 1.00 bits per heavy atom. The highest BCUT2D eigenvalue weighted by Crippen LogP contribution is 2.33. The lowest BCUT2D eigenvalue weighted by molar-refractivity contribution is -0.118. The number of imidazole rings is 1. The Hall–Kier alpha value is -2.92. The van der Waals surface area contributed by atoms with Gasteiger partial charge in [0.25, 0.3) is 0 Å². The maximum Gasteiger partial charge on any atom is 0.237 e. The van der Waals surface area contributed by atoms with Crippen molar-refractivity contribution in [1.82, 2.24) is 14.9 Å². The third-order valence-electron chi connectivity index (χ3n) is 4.69. The molecule has 0 fully saturated rings. The summed E-state index contributed by atoms with van der Waals surface area (Å²) in [7, 11) is 0. The number of primary amides is 1. The van der Waals surface area contributed by atoms with Crippen LogP contribution in [0.2, 0.25) is 0 Å². The molecule has 0 atom stereocenters. The molecule has 3 N–H and O–H groups in total. The Kier molecular flexibility index (Phi) is 6.49. The van der Waals surface area contributed by atoms with Gasteiger partial charge in [0, 0.05) is 23.1 Å². The molecule has 0 unspecified atom stereocenters. The Morgan fingerprint density at radius 3 is 2.14 bits per heavy atom. The molecule has 152 valence electrons. The van der Waals surface area contributed by atoms with Gasteiger partial charge in [0.1, 0.15) is 12.4 Å². The van der Waals surface area contributed by atoms with Gasteiger partial charge in [0.05, 0.1) is 11.4 Å². The van der Waals surface area contributed by atoms with Gasteiger partial charge in [0.2, 0.25) is 5.91 Å². The van der Waals surface area contributed by atoms with Crippen LogP contribution in [0.4, 0.5) is 0 Å². The van der Waals surface area contributed by atoms with Gasteiger partial charge in [-0.15, -0.1) is 0 Å². The number of nitrogens with zero attached hydrogens (tertiary/aromatic N) is 2. The van der Waals surface area contributed by atoms with Gasteiger partial charge in [-0.1, -0.05) is 60.7 Å². The fraction of sp³-hybridized carbons (Fsp3) is 0.333. The number of hydrogen-bond acceptors (Lipinski definition) is 3. The van der Waals surface area contributed by atoms with E-state index in [4.69, 9.17) is 10.7 Å². The molecule has 1 heterocycles. The number of benzene rings is 2. The summed E-state index contributed by atoms with van der Waals surface area (Å²) in [5.41, 5.74) is 9.56. The van der Waals surface area contributed by atoms with Crippen LogP contribution < -0.4 is 11.1 Å². The third-order valence-corrected chi connectivity index (χ3v) is 4.69. The molecule has 0 aliphatic rings. The minimum atomic E-state index is -0.367. The smallest absolute Gasteiger partial charge is 0.237 e. The zero-order valence-electron chi connectivity index (χ0n) is 17.5. The SMILES string of the molecule is CC(C)(C)NCCCc1nc(-c2ccccc2)c(-c2ccccc2)n1CC(N)=O. The number of carbonyl (C=O) groups is 1. The summed E-state index contributed by atoms with van der Waals surface area (Å²) < 4.78 is 1.98. The number of hydrogen-bond donors (Lipinski definition) is 2. The molecule has 0 saturated heterocycles. The summed E-state index contributed by atoms with van der Waals surface area (Å²) in [5, 5.41) is 3.51. The summed E-state index contributed by atoms with van der Waals surface area (Å²) in [6.45, 7) is 7.46. The molecule has 1 aromatic heterocycles. The molecule has 0 aliphatic carbocycles. The molecule has 0 saturated carbocycles. The second kappa shape index (κ2) is 9.05. The van der Waals surface area contributed by atoms with Crippen LogP contribution in [0.5, 0.6) is 0 Å². The lowest BCUT2D eigenvalue weighted by Crippen LogP contribution is -2.36. The van der Waals surface area contributed by atoms with Crippen LogP contribution in [-0.2, 0) is 17.8 Å². The van der Waals surface area contributed by atoms with Crippen LogP contribution >= 0.6 is 0 Å². The van der Waals surface area contributed by atoms with Crippen molar-refractivity contribution in [2.24, 2.45) is 5.73 Å². The van der Waals surface area contributed by atoms with Crippen molar-refractivity contribution in [2.75, 3.05) is 6.54 Å². The number of amides is 1. The first-order chi connectivity index (χ1) is 13.8. The highest BCUT2D eigenvalue weighted by Gasteiger charge is 2.21. The van der Waals surface area contributed by atoms with Crippen molar-refractivity contribution < 1.29 is 4.79 Å². The van der Waals surface area contributed by atoms with Crippen LogP contribution in [0.15, 0.2) is 60.7 Å². The summed E-state index contributed by atoms with van der Waals surface area (Å²) in [5.74, 6) is 0.519. The Bertz CT molecular complexity index is 940. The molecule has 0 bridgehead atoms. The molecule has 0 aliphatic heterocycles. The molecule has 2 aromatic carbocycles. The molecule has 3 rings (SSSR count). The van der Waals surface area contributed by atoms with E-state index < -0.39 is 0 Å². The van der Waals surface area contributed by atoms with Crippen molar-refractivity contribution in [3.8, 4) is 22.5 Å². The molecule has 29 heavy (non-hydrogen) atoms. The standard InChI is InChI=1S/C24H30N4O/c1-24(2,3)26-16-10-15-21-27-22(18-11-6-4-7-12-18)23(28(21)17-20(25)29)19-13-8-5-9-14-19/h4-9,11-14,26H,10,15-17H2,1-3H3,(H2,25,29). The quantitative estimate of drug-likeness (QED) is 0.571. The molecule has 5 nitrogen and oxygen atoms in total. The Labute approximate surface area is 173 Å². The monoisotopic (exact) mass is 390 g/mol. The summed E-state index contributed by atoms with van der Waals surface area (Å²) in [4.78, 5) is 16.8. The molecule has 0 radical (unpaired) electrons. The lowest BCUT2D eigenvalue weighted by Gasteiger charge is -2.20. The minimum absolute atomic E-state index is 0.0764. The molecular weight excluding hydrogens is 360 g/mol. The zero-order chi connectivity index (χ0) is 20.9. The van der Waals surface area contributed by atoms with Crippen molar-refractivity contribution in [1.29, 1.82) is 0 Å². The largest absolute Gasteiger partial charge is 0.368 e. The fourth-order valence-corrected chi connectivity index (χ4v) is 3.41. The second-order valence-electron chi connectivity index (χ2n) is 8.29. The predicted octanol–water partition coefficient (Wildman–Crippen LogP) is 4.02. The number of nitrogens with two attached hydrogens (primary N) is 1. The van der Waals surface area contributed by atoms with E-state index >= 15 is 0 Å². The van der Waals surface area contributed by atoms with Crippen LogP contribution in [-0.4, -0.2) is 27.5 Å². The maximum atomic E-state index is 11.9. The number of rotatable bonds is 8. The highest BCUT2D eigenvalue weighted by atomic mass is 16.1. The zero-order valence-corrected chi connectivity index (χ0v) is 17.5. The summed E-state index contributed by atoms with van der Waals surface area (Å²) in [6.07, 6.45) is 1.69. The van der Waals surface area contributed by atoms with Crippen molar-refractivity contribution in [3.63, 3.8) is 0 Å². The number of aromatic nitrogens is 2. The van der Waals surface area contributed by atoms with Gasteiger partial charge in [-0.2, -0.15) is 0 Å². The van der Waals surface area contributed by atoms with Crippen molar-refractivity contribution in [2.45, 2.75) is 45.7 Å². The number of aryl methyl sites for hydroxylation is 1. The van der Waals surface area contributed by atoms with E-state index in [2.05, 4.69) is 26.1 Å². The summed E-state index contributed by atoms with van der Waals surface area (Å²) >= 11 is 0. The van der Waals surface area contributed by atoms with Gasteiger partial charge in [-0.25, -0.2) is 4.98 Å². The van der Waals surface area contributed by atoms with E-state index in [0.29, 0.717) is 0 Å². The van der Waals surface area contributed by atoms with E-state index in [1.165, 1.54) is 0 Å². The van der Waals surface area contributed by atoms with Crippen molar-refractivity contribution in [3.05, 3.63) is 66.5 Å². The molecular formula is C24H30N4O. The number of nitrogens with one attached hydrogen (secondary N) is 1. The normalized spacial score (nSPS) is 11.6. The molecule has 3 aromatic rings. The molecule has 5 heteroatoms. The first kappa shape index (κ1) is 20.8. The van der Waals surface area contributed by atoms with Crippen LogP contribution in [0.25, 0.3) is 22.5 Å². The van der Waals surface area contributed by atoms with Crippen molar-refractivity contribution >= 4 is 5.91 Å². The number of carbonyl (C=O) groups excluding carboxylic acids is 1. The van der Waals surface area contributed by atoms with E-state index in [0.717, 1.165) is 47.7 Å². The molecule has 1 amide bonds. The van der Waals surface area contributed by atoms with Gasteiger partial charge in [-0.3, -0.25) is 4.79 Å². The van der Waals surface area contributed by atoms with Gasteiger partial charge >= 0.3 is 0 Å². The van der Waals surface area contributed by atoms with Gasteiger partial charge in [0.15, 0.2) is 0 Å². The van der Waals surface area contributed by atoms with Crippen LogP contribution in [0, 0.1) is 0 Å². The average Bonchev–Trinajstić information content (AvgIpc) is 3.03. The van der Waals surface area contributed by atoms with Crippen LogP contribution in [0.3, 0.4) is 0 Å².